The molecule has 0 spiro atoms. The van der Waals surface area contributed by atoms with Crippen LogP contribution in [0.5, 0.6) is 0 Å². The van der Waals surface area contributed by atoms with Crippen LogP contribution in [-0.2, 0) is 24.1 Å². The number of aromatic nitrogens is 6. The zero-order chi connectivity index (χ0) is 23.9. The summed E-state index contributed by atoms with van der Waals surface area (Å²) < 4.78 is 43.0. The summed E-state index contributed by atoms with van der Waals surface area (Å²) in [4.78, 5) is 20.7. The summed E-state index contributed by atoms with van der Waals surface area (Å²) in [7, 11) is 0. The number of rotatable bonds is 5. The van der Waals surface area contributed by atoms with Gasteiger partial charge in [0.25, 0.3) is 0 Å². The molecule has 0 unspecified atom stereocenters. The van der Waals surface area contributed by atoms with Crippen molar-refractivity contribution in [3.05, 3.63) is 63.2 Å². The molecule has 0 saturated heterocycles. The Labute approximate surface area is 195 Å². The van der Waals surface area contributed by atoms with Gasteiger partial charge in [-0.25, -0.2) is 19.3 Å². The van der Waals surface area contributed by atoms with Gasteiger partial charge in [-0.05, 0) is 37.6 Å². The van der Waals surface area contributed by atoms with Crippen molar-refractivity contribution in [2.75, 3.05) is 5.32 Å². The molecule has 172 valence electrons. The lowest BCUT2D eigenvalue weighted by atomic mass is 10.1. The monoisotopic (exact) mass is 497 g/mol. The van der Waals surface area contributed by atoms with E-state index in [1.54, 1.807) is 18.2 Å². The number of nitrogens with zero attached hydrogens (tertiary/aromatic N) is 6. The Morgan fingerprint density at radius 1 is 1.15 bits per heavy atom. The van der Waals surface area contributed by atoms with Crippen LogP contribution in [-0.4, -0.2) is 35.4 Å². The number of aryl methyl sites for hydroxylation is 2. The maximum Gasteiger partial charge on any atom is 0.417 e. The lowest BCUT2D eigenvalue weighted by molar-refractivity contribution is -0.136. The van der Waals surface area contributed by atoms with Gasteiger partial charge < -0.3 is 0 Å². The van der Waals surface area contributed by atoms with Crippen molar-refractivity contribution in [1.82, 2.24) is 29.5 Å². The summed E-state index contributed by atoms with van der Waals surface area (Å²) >= 11 is 12.1. The van der Waals surface area contributed by atoms with Gasteiger partial charge in [0.1, 0.15) is 12.9 Å². The topological polar surface area (TPSA) is 90.5 Å². The second-order valence-electron chi connectivity index (χ2n) is 7.30. The fourth-order valence-electron chi connectivity index (χ4n) is 3.37. The van der Waals surface area contributed by atoms with Gasteiger partial charge in [-0.15, -0.1) is 5.10 Å². The van der Waals surface area contributed by atoms with E-state index in [-0.39, 0.29) is 34.9 Å². The first-order valence-corrected chi connectivity index (χ1v) is 10.3. The van der Waals surface area contributed by atoms with Crippen LogP contribution < -0.4 is 5.32 Å². The number of pyridine rings is 1. The number of anilines is 1. The Balaban J connectivity index is 1.51. The van der Waals surface area contributed by atoms with Crippen LogP contribution in [0, 0.1) is 13.8 Å². The number of hydrogen-bond acceptors (Lipinski definition) is 5. The number of carbonyl (C=O) groups excluding carboxylic acids is 1. The summed E-state index contributed by atoms with van der Waals surface area (Å²) in [6.07, 6.45) is -3.16. The minimum absolute atomic E-state index is 0.0224. The van der Waals surface area contributed by atoms with E-state index in [1.165, 1.54) is 24.9 Å². The van der Waals surface area contributed by atoms with Crippen LogP contribution in [0.1, 0.15) is 22.5 Å². The Bertz CT molecular complexity index is 1360. The summed E-state index contributed by atoms with van der Waals surface area (Å²) in [5.74, 6) is -0.545. The normalized spacial score (nSPS) is 11.8. The quantitative estimate of drug-likeness (QED) is 0.433. The predicted octanol–water partition coefficient (Wildman–Crippen LogP) is 4.65. The van der Waals surface area contributed by atoms with Crippen molar-refractivity contribution in [2.45, 2.75) is 33.1 Å². The molecule has 0 aliphatic rings. The first-order valence-electron chi connectivity index (χ1n) is 9.56. The van der Waals surface area contributed by atoms with Gasteiger partial charge in [0.05, 0.1) is 23.2 Å². The maximum atomic E-state index is 13.5. The highest BCUT2D eigenvalue weighted by Gasteiger charge is 2.35. The Hall–Kier alpha value is -3.18. The number of alkyl halides is 3. The van der Waals surface area contributed by atoms with Gasteiger partial charge in [-0.1, -0.05) is 29.3 Å². The second-order valence-corrected chi connectivity index (χ2v) is 8.14. The van der Waals surface area contributed by atoms with Crippen LogP contribution >= 0.6 is 23.2 Å². The molecular weight excluding hydrogens is 482 g/mol. The van der Waals surface area contributed by atoms with Crippen molar-refractivity contribution < 1.29 is 18.0 Å². The number of amides is 1. The average molecular weight is 498 g/mol. The minimum Gasteiger partial charge on any atom is -0.292 e. The van der Waals surface area contributed by atoms with Crippen LogP contribution in [0.4, 0.5) is 19.1 Å². The fraction of sp³-hybridized carbons (Fsp3) is 0.250. The number of nitrogens with one attached hydrogen (secondary N) is 1. The molecule has 0 fully saturated rings. The smallest absolute Gasteiger partial charge is 0.292 e. The molecule has 4 rings (SSSR count). The third-order valence-corrected chi connectivity index (χ3v) is 5.33. The fourth-order valence-corrected chi connectivity index (χ4v) is 3.83. The van der Waals surface area contributed by atoms with Crippen LogP contribution in [0.3, 0.4) is 0 Å². The maximum absolute atomic E-state index is 13.5. The third kappa shape index (κ3) is 4.93. The van der Waals surface area contributed by atoms with Gasteiger partial charge in [-0.2, -0.15) is 18.3 Å². The number of benzene rings is 1. The summed E-state index contributed by atoms with van der Waals surface area (Å²) in [5.41, 5.74) is 0.183. The van der Waals surface area contributed by atoms with E-state index in [0.717, 1.165) is 16.3 Å². The Kier molecular flexibility index (Phi) is 6.02. The SMILES string of the molecule is Cc1cc(C(F)(F)F)c2c(C)nn(CC(=O)Nc3ncn(Cc4ccc(Cl)cc4Cl)n3)c2n1. The van der Waals surface area contributed by atoms with Crippen molar-refractivity contribution in [3.63, 3.8) is 0 Å². The zero-order valence-corrected chi connectivity index (χ0v) is 18.8. The predicted molar refractivity (Wildman–Crippen MR) is 116 cm³/mol. The van der Waals surface area contributed by atoms with E-state index in [9.17, 15) is 18.0 Å². The van der Waals surface area contributed by atoms with Gasteiger partial charge in [0.2, 0.25) is 11.9 Å². The van der Waals surface area contributed by atoms with Gasteiger partial charge >= 0.3 is 6.18 Å². The molecule has 0 atom stereocenters. The highest BCUT2D eigenvalue weighted by molar-refractivity contribution is 6.35. The average Bonchev–Trinajstić information content (AvgIpc) is 3.27. The Morgan fingerprint density at radius 3 is 2.61 bits per heavy atom. The molecular formula is C20H16Cl2F3N7O. The van der Waals surface area contributed by atoms with Crippen LogP contribution in [0.25, 0.3) is 11.0 Å². The van der Waals surface area contributed by atoms with Crippen molar-refractivity contribution in [2.24, 2.45) is 0 Å². The largest absolute Gasteiger partial charge is 0.417 e. The lowest BCUT2D eigenvalue weighted by Gasteiger charge is -2.10. The lowest BCUT2D eigenvalue weighted by Crippen LogP contribution is -2.21. The summed E-state index contributed by atoms with van der Waals surface area (Å²) in [6, 6.07) is 6.01. The zero-order valence-electron chi connectivity index (χ0n) is 17.3. The highest BCUT2D eigenvalue weighted by atomic mass is 35.5. The molecule has 0 aliphatic carbocycles. The molecule has 0 aliphatic heterocycles. The molecule has 1 aromatic carbocycles. The molecule has 0 bridgehead atoms. The van der Waals surface area contributed by atoms with Crippen molar-refractivity contribution >= 4 is 46.1 Å². The molecule has 8 nitrogen and oxygen atoms in total. The molecule has 3 aromatic heterocycles. The molecule has 0 radical (unpaired) electrons. The van der Waals surface area contributed by atoms with Crippen molar-refractivity contribution in [1.29, 1.82) is 0 Å². The molecule has 0 saturated carbocycles. The van der Waals surface area contributed by atoms with Crippen LogP contribution in [0.2, 0.25) is 10.0 Å². The molecule has 1 N–H and O–H groups in total. The van der Waals surface area contributed by atoms with Gasteiger partial charge in [0, 0.05) is 15.7 Å². The molecule has 33 heavy (non-hydrogen) atoms. The summed E-state index contributed by atoms with van der Waals surface area (Å²) in [5, 5.41) is 11.6. The van der Waals surface area contributed by atoms with E-state index in [0.29, 0.717) is 16.6 Å². The van der Waals surface area contributed by atoms with Crippen LogP contribution in [0.15, 0.2) is 30.6 Å². The first kappa shape index (κ1) is 23.0. The first-order chi connectivity index (χ1) is 15.5. The number of carbonyl (C=O) groups is 1. The summed E-state index contributed by atoms with van der Waals surface area (Å²) in [6.45, 7) is 2.82. The van der Waals surface area contributed by atoms with Gasteiger partial charge in [-0.3, -0.25) is 10.1 Å². The van der Waals surface area contributed by atoms with E-state index >= 15 is 0 Å². The number of halogens is 5. The molecule has 13 heteroatoms. The number of fused-ring (bicyclic) bond motifs is 1. The second kappa shape index (κ2) is 8.64. The third-order valence-electron chi connectivity index (χ3n) is 4.74. The minimum atomic E-state index is -4.57. The van der Waals surface area contributed by atoms with Gasteiger partial charge in [0.15, 0.2) is 5.65 Å². The highest BCUT2D eigenvalue weighted by Crippen LogP contribution is 2.36. The van der Waals surface area contributed by atoms with Crippen molar-refractivity contribution in [3.8, 4) is 0 Å². The van der Waals surface area contributed by atoms with E-state index < -0.39 is 17.6 Å². The van der Waals surface area contributed by atoms with E-state index in [2.05, 4.69) is 25.5 Å². The van der Waals surface area contributed by atoms with E-state index in [1.807, 2.05) is 0 Å². The molecule has 4 aromatic rings. The van der Waals surface area contributed by atoms with E-state index in [4.69, 9.17) is 23.2 Å². The number of hydrogen-bond donors (Lipinski definition) is 1. The molecule has 1 amide bonds. The Morgan fingerprint density at radius 2 is 1.91 bits per heavy atom. The standard InChI is InChI=1S/C20H16Cl2F3N7O/c1-10-5-14(20(23,24)25)17-11(2)29-32(18(17)27-10)8-16(33)28-19-26-9-31(30-19)7-12-3-4-13(21)6-15(12)22/h3-6,9H,7-8H2,1-2H3,(H,28,30,33). The molecule has 3 heterocycles.